The zero-order chi connectivity index (χ0) is 22.1. The lowest BCUT2D eigenvalue weighted by molar-refractivity contribution is -0.139. The van der Waals surface area contributed by atoms with E-state index in [1.807, 2.05) is 0 Å². The number of benzene rings is 1. The van der Waals surface area contributed by atoms with Crippen LogP contribution in [-0.2, 0) is 20.9 Å². The number of hydrazone groups is 1. The van der Waals surface area contributed by atoms with Crippen LogP contribution in [-0.4, -0.2) is 46.7 Å². The Hall–Kier alpha value is -3.76. The molecule has 2 rings (SSSR count). The number of ether oxygens (including phenoxy) is 1. The Labute approximate surface area is 173 Å². The maximum absolute atomic E-state index is 12.0. The summed E-state index contributed by atoms with van der Waals surface area (Å²) in [5.41, 5.74) is 3.17. The summed E-state index contributed by atoms with van der Waals surface area (Å²) >= 11 is 0. The van der Waals surface area contributed by atoms with Gasteiger partial charge in [-0.05, 0) is 45.0 Å². The molecule has 0 spiro atoms. The van der Waals surface area contributed by atoms with Crippen molar-refractivity contribution in [2.75, 3.05) is 7.11 Å². The first-order valence-corrected chi connectivity index (χ1v) is 9.16. The van der Waals surface area contributed by atoms with Gasteiger partial charge in [-0.2, -0.15) is 10.1 Å². The van der Waals surface area contributed by atoms with Gasteiger partial charge in [0.15, 0.2) is 0 Å². The van der Waals surface area contributed by atoms with Crippen LogP contribution in [0.2, 0.25) is 0 Å². The number of rotatable bonds is 8. The summed E-state index contributed by atoms with van der Waals surface area (Å²) in [4.78, 5) is 39.3. The largest absolute Gasteiger partial charge is 0.497 e. The number of aromatic nitrogens is 2. The standard InChI is InChI=1S/C19H24N6O5/c1-11(2)21-18(27)19(28)24-23-12(3)9-15(26)20-10-16-22-17(25-30-16)13-5-7-14(29-4)8-6-13/h5-8,11H,9-10H2,1-4H3,(H,20,26)(H,21,27)(H,24,28)/b23-12-. The average molecular weight is 416 g/mol. The van der Waals surface area contributed by atoms with Crippen molar-refractivity contribution in [2.45, 2.75) is 39.8 Å². The summed E-state index contributed by atoms with van der Waals surface area (Å²) in [5.74, 6) is -0.718. The van der Waals surface area contributed by atoms with E-state index >= 15 is 0 Å². The Bertz CT molecular complexity index is 920. The van der Waals surface area contributed by atoms with Crippen molar-refractivity contribution < 1.29 is 23.6 Å². The number of nitrogens with one attached hydrogen (secondary N) is 3. The molecule has 0 saturated heterocycles. The Balaban J connectivity index is 1.80. The molecule has 1 aromatic heterocycles. The number of carbonyl (C=O) groups excluding carboxylic acids is 3. The lowest BCUT2D eigenvalue weighted by atomic mass is 10.2. The molecule has 0 atom stereocenters. The maximum Gasteiger partial charge on any atom is 0.329 e. The minimum atomic E-state index is -0.902. The van der Waals surface area contributed by atoms with Crippen LogP contribution in [0.15, 0.2) is 33.9 Å². The molecule has 0 aliphatic rings. The molecule has 0 saturated carbocycles. The van der Waals surface area contributed by atoms with Gasteiger partial charge in [-0.3, -0.25) is 14.4 Å². The molecule has 0 unspecified atom stereocenters. The lowest BCUT2D eigenvalue weighted by Gasteiger charge is -2.07. The molecule has 1 heterocycles. The average Bonchev–Trinajstić information content (AvgIpc) is 3.19. The second kappa shape index (κ2) is 10.7. The van der Waals surface area contributed by atoms with Gasteiger partial charge >= 0.3 is 11.8 Å². The number of nitrogens with zero attached hydrogens (tertiary/aromatic N) is 3. The predicted molar refractivity (Wildman–Crippen MR) is 107 cm³/mol. The number of carbonyl (C=O) groups is 3. The first kappa shape index (κ1) is 22.5. The van der Waals surface area contributed by atoms with Crippen molar-refractivity contribution in [3.63, 3.8) is 0 Å². The molecule has 3 amide bonds. The molecule has 3 N–H and O–H groups in total. The Morgan fingerprint density at radius 2 is 1.87 bits per heavy atom. The van der Waals surface area contributed by atoms with E-state index < -0.39 is 11.8 Å². The summed E-state index contributed by atoms with van der Waals surface area (Å²) in [6, 6.07) is 6.97. The molecule has 11 nitrogen and oxygen atoms in total. The van der Waals surface area contributed by atoms with Crippen molar-refractivity contribution in [3.05, 3.63) is 30.2 Å². The Morgan fingerprint density at radius 3 is 2.50 bits per heavy atom. The molecule has 1 aromatic carbocycles. The highest BCUT2D eigenvalue weighted by Crippen LogP contribution is 2.19. The van der Waals surface area contributed by atoms with Crippen molar-refractivity contribution in [3.8, 4) is 17.1 Å². The third-order valence-corrected chi connectivity index (χ3v) is 3.64. The van der Waals surface area contributed by atoms with Gasteiger partial charge < -0.3 is 19.9 Å². The first-order valence-electron chi connectivity index (χ1n) is 9.16. The van der Waals surface area contributed by atoms with Gasteiger partial charge in [0.25, 0.3) is 0 Å². The van der Waals surface area contributed by atoms with E-state index in [9.17, 15) is 14.4 Å². The zero-order valence-electron chi connectivity index (χ0n) is 17.2. The molecule has 0 fully saturated rings. The highest BCUT2D eigenvalue weighted by Gasteiger charge is 2.14. The van der Waals surface area contributed by atoms with Gasteiger partial charge in [0.2, 0.25) is 17.6 Å². The van der Waals surface area contributed by atoms with E-state index in [1.54, 1.807) is 52.1 Å². The minimum absolute atomic E-state index is 0.0401. The molecule has 160 valence electrons. The normalized spacial score (nSPS) is 11.2. The van der Waals surface area contributed by atoms with Crippen LogP contribution in [0.4, 0.5) is 0 Å². The van der Waals surface area contributed by atoms with Gasteiger partial charge in [-0.1, -0.05) is 5.16 Å². The van der Waals surface area contributed by atoms with Crippen LogP contribution in [0.1, 0.15) is 33.1 Å². The maximum atomic E-state index is 12.0. The van der Waals surface area contributed by atoms with Gasteiger partial charge in [0, 0.05) is 17.3 Å². The van der Waals surface area contributed by atoms with E-state index in [1.165, 1.54) is 0 Å². The van der Waals surface area contributed by atoms with E-state index in [0.717, 1.165) is 5.56 Å². The van der Waals surface area contributed by atoms with Gasteiger partial charge in [-0.25, -0.2) is 5.43 Å². The van der Waals surface area contributed by atoms with Crippen LogP contribution >= 0.6 is 0 Å². The smallest absolute Gasteiger partial charge is 0.329 e. The number of hydrogen-bond donors (Lipinski definition) is 3. The van der Waals surface area contributed by atoms with E-state index in [4.69, 9.17) is 9.26 Å². The van der Waals surface area contributed by atoms with Gasteiger partial charge in [0.1, 0.15) is 5.75 Å². The summed E-state index contributed by atoms with van der Waals surface area (Å²) in [6.45, 7) is 5.05. The van der Waals surface area contributed by atoms with Crippen LogP contribution in [0, 0.1) is 0 Å². The van der Waals surface area contributed by atoms with Gasteiger partial charge in [-0.15, -0.1) is 0 Å². The molecule has 0 bridgehead atoms. The number of amides is 3. The molecule has 11 heteroatoms. The zero-order valence-corrected chi connectivity index (χ0v) is 17.2. The van der Waals surface area contributed by atoms with Crippen LogP contribution in [0.3, 0.4) is 0 Å². The third kappa shape index (κ3) is 7.00. The lowest BCUT2D eigenvalue weighted by Crippen LogP contribution is -2.41. The fourth-order valence-electron chi connectivity index (χ4n) is 2.22. The highest BCUT2D eigenvalue weighted by atomic mass is 16.5. The van der Waals surface area contributed by atoms with Crippen LogP contribution in [0.5, 0.6) is 5.75 Å². The minimum Gasteiger partial charge on any atom is -0.497 e. The Kier molecular flexibility index (Phi) is 8.03. The molecule has 0 aliphatic carbocycles. The van der Waals surface area contributed by atoms with Crippen molar-refractivity contribution >= 4 is 23.4 Å². The quantitative estimate of drug-likeness (QED) is 0.327. The molecular weight excluding hydrogens is 392 g/mol. The van der Waals surface area contributed by atoms with E-state index in [-0.39, 0.29) is 30.8 Å². The van der Waals surface area contributed by atoms with Gasteiger partial charge in [0.05, 0.1) is 20.1 Å². The number of methoxy groups -OCH3 is 1. The molecule has 30 heavy (non-hydrogen) atoms. The van der Waals surface area contributed by atoms with Crippen molar-refractivity contribution in [2.24, 2.45) is 5.10 Å². The van der Waals surface area contributed by atoms with Crippen molar-refractivity contribution in [1.29, 1.82) is 0 Å². The molecule has 2 aromatic rings. The molecule has 0 aliphatic heterocycles. The fraction of sp³-hybridized carbons (Fsp3) is 0.368. The first-order chi connectivity index (χ1) is 14.3. The monoisotopic (exact) mass is 416 g/mol. The van der Waals surface area contributed by atoms with Crippen LogP contribution < -0.4 is 20.8 Å². The summed E-state index contributed by atoms with van der Waals surface area (Å²) in [7, 11) is 1.58. The summed E-state index contributed by atoms with van der Waals surface area (Å²) in [6.07, 6.45) is -0.0778. The fourth-order valence-corrected chi connectivity index (χ4v) is 2.22. The van der Waals surface area contributed by atoms with Crippen LogP contribution in [0.25, 0.3) is 11.4 Å². The van der Waals surface area contributed by atoms with E-state index in [2.05, 4.69) is 31.3 Å². The van der Waals surface area contributed by atoms with Crippen molar-refractivity contribution in [1.82, 2.24) is 26.2 Å². The summed E-state index contributed by atoms with van der Waals surface area (Å²) < 4.78 is 10.2. The number of hydrogen-bond acceptors (Lipinski definition) is 8. The Morgan fingerprint density at radius 1 is 1.17 bits per heavy atom. The predicted octanol–water partition coefficient (Wildman–Crippen LogP) is 0.768. The topological polar surface area (TPSA) is 148 Å². The van der Waals surface area contributed by atoms with E-state index in [0.29, 0.717) is 17.3 Å². The summed E-state index contributed by atoms with van der Waals surface area (Å²) in [5, 5.41) is 12.7. The third-order valence-electron chi connectivity index (χ3n) is 3.64. The molecule has 0 radical (unpaired) electrons. The SMILES string of the molecule is COc1ccc(-c2noc(CNC(=O)C/C(C)=N\NC(=O)C(=O)NC(C)C)n2)cc1. The second-order valence-electron chi connectivity index (χ2n) is 6.61. The molecular formula is C19H24N6O5. The second-order valence-corrected chi connectivity index (χ2v) is 6.61. The highest BCUT2D eigenvalue weighted by molar-refractivity contribution is 6.35.